The fraction of sp³-hybridized carbons (Fsp3) is 0.182. The molecule has 0 amide bonds. The van der Waals surface area contributed by atoms with Crippen LogP contribution < -0.4 is 10.4 Å². The second-order valence-corrected chi connectivity index (χ2v) is 7.38. The molecular weight excluding hydrogens is 402 g/mol. The zero-order valence-corrected chi connectivity index (χ0v) is 17.6. The van der Waals surface area contributed by atoms with E-state index >= 15 is 0 Å². The molecule has 0 aliphatic carbocycles. The van der Waals surface area contributed by atoms with Crippen LogP contribution in [-0.2, 0) is 13.7 Å². The molecule has 0 N–H and O–H groups in total. The van der Waals surface area contributed by atoms with Crippen LogP contribution in [-0.4, -0.2) is 24.8 Å². The number of halogens is 1. The summed E-state index contributed by atoms with van der Waals surface area (Å²) in [6.07, 6.45) is 0. The number of tetrazole rings is 1. The topological polar surface area (TPSA) is 74.8 Å². The Hall–Kier alpha value is -3.45. The number of nitrogens with zero attached hydrogens (tertiary/aromatic N) is 5. The fourth-order valence-electron chi connectivity index (χ4n) is 3.24. The number of aryl methyl sites for hydroxylation is 3. The van der Waals surface area contributed by atoms with Crippen LogP contribution in [0.4, 0.5) is 0 Å². The maximum atomic E-state index is 12.3. The maximum Gasteiger partial charge on any atom is 0.368 e. The van der Waals surface area contributed by atoms with Gasteiger partial charge in [-0.25, -0.2) is 9.78 Å². The second-order valence-electron chi connectivity index (χ2n) is 6.95. The molecule has 0 atom stereocenters. The monoisotopic (exact) mass is 421 g/mol. The fourth-order valence-corrected chi connectivity index (χ4v) is 3.36. The zero-order valence-electron chi connectivity index (χ0n) is 16.8. The van der Waals surface area contributed by atoms with Crippen LogP contribution in [0.25, 0.3) is 16.8 Å². The molecule has 8 heteroatoms. The summed E-state index contributed by atoms with van der Waals surface area (Å²) in [5.41, 5.74) is 5.07. The third-order valence-corrected chi connectivity index (χ3v) is 5.17. The number of benzene rings is 2. The van der Waals surface area contributed by atoms with Gasteiger partial charge in [-0.15, -0.1) is 0 Å². The second kappa shape index (κ2) is 8.12. The van der Waals surface area contributed by atoms with E-state index in [1.165, 1.54) is 9.36 Å². The lowest BCUT2D eigenvalue weighted by atomic mass is 10.0. The quantitative estimate of drug-likeness (QED) is 0.489. The molecular formula is C22H20ClN5O2. The van der Waals surface area contributed by atoms with Crippen LogP contribution in [0.5, 0.6) is 5.88 Å². The Morgan fingerprint density at radius 3 is 2.43 bits per heavy atom. The Kier molecular flexibility index (Phi) is 5.37. The van der Waals surface area contributed by atoms with Crippen molar-refractivity contribution < 1.29 is 4.74 Å². The lowest BCUT2D eigenvalue weighted by molar-refractivity contribution is 0.292. The van der Waals surface area contributed by atoms with Crippen molar-refractivity contribution >= 4 is 11.6 Å². The Morgan fingerprint density at radius 2 is 1.77 bits per heavy atom. The summed E-state index contributed by atoms with van der Waals surface area (Å²) in [5.74, 6) is 0.505. The smallest absolute Gasteiger partial charge is 0.368 e. The van der Waals surface area contributed by atoms with Crippen molar-refractivity contribution in [2.75, 3.05) is 0 Å². The molecule has 0 aliphatic heterocycles. The Balaban J connectivity index is 1.60. The molecule has 2 aromatic carbocycles. The minimum Gasteiger partial charge on any atom is -0.473 e. The predicted octanol–water partition coefficient (Wildman–Crippen LogP) is 3.88. The van der Waals surface area contributed by atoms with E-state index in [2.05, 4.69) is 15.4 Å². The number of hydrogen-bond donors (Lipinski definition) is 0. The van der Waals surface area contributed by atoms with Gasteiger partial charge in [-0.05, 0) is 59.7 Å². The van der Waals surface area contributed by atoms with Crippen LogP contribution >= 0.6 is 11.6 Å². The van der Waals surface area contributed by atoms with E-state index in [0.29, 0.717) is 16.6 Å². The average molecular weight is 422 g/mol. The maximum absolute atomic E-state index is 12.3. The van der Waals surface area contributed by atoms with Crippen molar-refractivity contribution in [3.63, 3.8) is 0 Å². The van der Waals surface area contributed by atoms with Crippen molar-refractivity contribution in [2.45, 2.75) is 20.5 Å². The Morgan fingerprint density at radius 1 is 1.00 bits per heavy atom. The van der Waals surface area contributed by atoms with E-state index in [9.17, 15) is 4.79 Å². The Labute approximate surface area is 178 Å². The first kappa shape index (κ1) is 19.8. The molecule has 0 unspecified atom stereocenters. The van der Waals surface area contributed by atoms with Crippen LogP contribution in [0.3, 0.4) is 0 Å². The molecule has 0 saturated carbocycles. The third kappa shape index (κ3) is 3.84. The summed E-state index contributed by atoms with van der Waals surface area (Å²) in [6, 6.07) is 17.1. The van der Waals surface area contributed by atoms with Gasteiger partial charge < -0.3 is 4.74 Å². The van der Waals surface area contributed by atoms with Crippen molar-refractivity contribution in [2.24, 2.45) is 7.05 Å². The molecule has 0 fully saturated rings. The molecule has 2 aromatic heterocycles. The lowest BCUT2D eigenvalue weighted by Gasteiger charge is -2.13. The van der Waals surface area contributed by atoms with Gasteiger partial charge in [0.05, 0.1) is 5.69 Å². The highest BCUT2D eigenvalue weighted by molar-refractivity contribution is 6.30. The molecule has 4 aromatic rings. The molecule has 0 saturated heterocycles. The van der Waals surface area contributed by atoms with Gasteiger partial charge in [0.1, 0.15) is 6.61 Å². The molecule has 0 bridgehead atoms. The number of pyridine rings is 1. The van der Waals surface area contributed by atoms with Gasteiger partial charge in [0.25, 0.3) is 0 Å². The van der Waals surface area contributed by atoms with E-state index in [0.717, 1.165) is 27.9 Å². The van der Waals surface area contributed by atoms with Gasteiger partial charge in [-0.3, -0.25) is 0 Å². The van der Waals surface area contributed by atoms with Crippen LogP contribution in [0.15, 0.2) is 59.4 Å². The van der Waals surface area contributed by atoms with Gasteiger partial charge in [0.2, 0.25) is 5.88 Å². The summed E-state index contributed by atoms with van der Waals surface area (Å²) >= 11 is 5.98. The number of hydrogen-bond acceptors (Lipinski definition) is 5. The first-order valence-electron chi connectivity index (χ1n) is 9.38. The molecule has 2 heterocycles. The van der Waals surface area contributed by atoms with E-state index in [-0.39, 0.29) is 12.3 Å². The molecule has 0 radical (unpaired) electrons. The van der Waals surface area contributed by atoms with Gasteiger partial charge in [0, 0.05) is 35.0 Å². The highest BCUT2D eigenvalue weighted by Gasteiger charge is 2.14. The third-order valence-electron chi connectivity index (χ3n) is 4.92. The largest absolute Gasteiger partial charge is 0.473 e. The first-order chi connectivity index (χ1) is 14.4. The Bertz CT molecular complexity index is 1260. The summed E-state index contributed by atoms with van der Waals surface area (Å²) in [5, 5.41) is 8.43. The summed E-state index contributed by atoms with van der Waals surface area (Å²) < 4.78 is 8.43. The first-order valence-corrected chi connectivity index (χ1v) is 9.76. The van der Waals surface area contributed by atoms with Crippen molar-refractivity contribution in [1.29, 1.82) is 0 Å². The van der Waals surface area contributed by atoms with Crippen LogP contribution in [0, 0.1) is 13.8 Å². The van der Waals surface area contributed by atoms with E-state index in [4.69, 9.17) is 16.3 Å². The van der Waals surface area contributed by atoms with Gasteiger partial charge in [-0.2, -0.15) is 9.36 Å². The number of rotatable bonds is 5. The van der Waals surface area contributed by atoms with E-state index in [1.807, 2.05) is 68.4 Å². The molecule has 0 spiro atoms. The standard InChI is InChI=1S/C22H20ClN5O2/c1-14-5-4-6-20(28-22(29)27(3)25-26-28)19(14)13-30-21-12-11-18(15(2)24-21)16-7-9-17(23)10-8-16/h4-12H,13H2,1-3H3. The zero-order chi connectivity index (χ0) is 21.3. The highest BCUT2D eigenvalue weighted by Crippen LogP contribution is 2.26. The van der Waals surface area contributed by atoms with E-state index in [1.54, 1.807) is 7.05 Å². The van der Waals surface area contributed by atoms with Crippen molar-refractivity contribution in [3.05, 3.63) is 86.9 Å². The van der Waals surface area contributed by atoms with Crippen molar-refractivity contribution in [1.82, 2.24) is 24.8 Å². The minimum absolute atomic E-state index is 0.248. The SMILES string of the molecule is Cc1cccc(-n2nnn(C)c2=O)c1COc1ccc(-c2ccc(Cl)cc2)c(C)n1. The van der Waals surface area contributed by atoms with E-state index < -0.39 is 0 Å². The minimum atomic E-state index is -0.317. The predicted molar refractivity (Wildman–Crippen MR) is 115 cm³/mol. The normalized spacial score (nSPS) is 10.9. The molecule has 4 rings (SSSR count). The summed E-state index contributed by atoms with van der Waals surface area (Å²) in [7, 11) is 1.56. The highest BCUT2D eigenvalue weighted by atomic mass is 35.5. The van der Waals surface area contributed by atoms with Crippen LogP contribution in [0.1, 0.15) is 16.8 Å². The van der Waals surface area contributed by atoms with Gasteiger partial charge >= 0.3 is 5.69 Å². The molecule has 7 nitrogen and oxygen atoms in total. The molecule has 152 valence electrons. The average Bonchev–Trinajstić information content (AvgIpc) is 3.06. The summed E-state index contributed by atoms with van der Waals surface area (Å²) in [4.78, 5) is 16.9. The lowest BCUT2D eigenvalue weighted by Crippen LogP contribution is -2.23. The molecule has 30 heavy (non-hydrogen) atoms. The van der Waals surface area contributed by atoms with Gasteiger partial charge in [0.15, 0.2) is 0 Å². The van der Waals surface area contributed by atoms with Crippen LogP contribution in [0.2, 0.25) is 5.02 Å². The number of aromatic nitrogens is 5. The van der Waals surface area contributed by atoms with Gasteiger partial charge in [-0.1, -0.05) is 35.9 Å². The number of ether oxygens (including phenoxy) is 1. The van der Waals surface area contributed by atoms with Crippen molar-refractivity contribution in [3.8, 4) is 22.7 Å². The molecule has 0 aliphatic rings. The summed E-state index contributed by atoms with van der Waals surface area (Å²) in [6.45, 7) is 4.15.